The molecule has 10 heteroatoms. The van der Waals surface area contributed by atoms with E-state index in [1.165, 1.54) is 146 Å². The third kappa shape index (κ3) is 18.9. The van der Waals surface area contributed by atoms with Crippen LogP contribution < -0.4 is 0 Å². The van der Waals surface area contributed by atoms with Crippen LogP contribution in [0.1, 0.15) is 152 Å². The Labute approximate surface area is 350 Å². The molecule has 0 heterocycles. The molecule has 8 nitrogen and oxygen atoms in total. The van der Waals surface area contributed by atoms with E-state index >= 15 is 0 Å². The Bertz CT molecular complexity index is 1160. The maximum Gasteiger partial charge on any atom is 2.00 e. The number of aliphatic hydroxyl groups excluding tert-OH is 1. The van der Waals surface area contributed by atoms with Gasteiger partial charge in [-0.2, -0.15) is 0 Å². The van der Waals surface area contributed by atoms with Crippen LogP contribution in [0, 0.1) is 60.3 Å². The van der Waals surface area contributed by atoms with Crippen LogP contribution in [0.4, 0.5) is 11.4 Å². The number of rotatable bonds is 14. The van der Waals surface area contributed by atoms with Gasteiger partial charge in [0.2, 0.25) is 0 Å². The zero-order valence-electron chi connectivity index (χ0n) is 33.9. The topological polar surface area (TPSA) is 110 Å². The Hall–Kier alpha value is -1.80. The summed E-state index contributed by atoms with van der Waals surface area (Å²) >= 11 is 0. The molecule has 4 aliphatic carbocycles. The first-order valence-electron chi connectivity index (χ1n) is 19.7. The second-order valence-electron chi connectivity index (χ2n) is 15.4. The maximum absolute atomic E-state index is 10.4. The average Bonchev–Trinajstić information content (AvgIpc) is 3.96. The van der Waals surface area contributed by atoms with Gasteiger partial charge in [0.15, 0.2) is 0 Å². The Morgan fingerprint density at radius 3 is 1.43 bits per heavy atom. The smallest absolute Gasteiger partial charge is 0.396 e. The fraction of sp³-hybridized carbons (Fsp3) is 0.659. The summed E-state index contributed by atoms with van der Waals surface area (Å²) in [5.41, 5.74) is 2.89. The van der Waals surface area contributed by atoms with Crippen molar-refractivity contribution in [2.75, 3.05) is 26.2 Å². The van der Waals surface area contributed by atoms with Crippen LogP contribution in [0.3, 0.4) is 0 Å². The van der Waals surface area contributed by atoms with E-state index in [1.54, 1.807) is 24.3 Å². The fourth-order valence-corrected chi connectivity index (χ4v) is 8.70. The molecule has 0 saturated heterocycles. The van der Waals surface area contributed by atoms with Crippen molar-refractivity contribution in [3.8, 4) is 0 Å². The number of nitro benzene ring substituents is 2. The number of nitrogens with zero attached hydrogens (tertiary/aromatic N) is 3. The van der Waals surface area contributed by atoms with Gasteiger partial charge in [-0.3, -0.25) is 20.2 Å². The first-order valence-corrected chi connectivity index (χ1v) is 19.7. The Balaban J connectivity index is 0. The summed E-state index contributed by atoms with van der Waals surface area (Å²) in [5, 5.41) is 29.8. The van der Waals surface area contributed by atoms with Crippen molar-refractivity contribution in [2.24, 2.45) is 17.8 Å². The van der Waals surface area contributed by atoms with E-state index in [2.05, 4.69) is 11.8 Å². The number of non-ortho nitro benzene ring substituents is 2. The summed E-state index contributed by atoms with van der Waals surface area (Å²) in [6, 6.07) is 14.0. The molecule has 6 rings (SSSR count). The summed E-state index contributed by atoms with van der Waals surface area (Å²) in [5.74, 6) is 4.17. The molecule has 1 N–H and O–H groups in total. The van der Waals surface area contributed by atoms with Gasteiger partial charge in [0.05, 0.1) is 9.85 Å². The van der Waals surface area contributed by atoms with E-state index in [4.69, 9.17) is 5.11 Å². The second-order valence-corrected chi connectivity index (χ2v) is 15.4. The number of hydrogen-bond donors (Lipinski definition) is 1. The number of benzene rings is 2. The van der Waals surface area contributed by atoms with E-state index in [-0.39, 0.29) is 77.6 Å². The van der Waals surface area contributed by atoms with Gasteiger partial charge in [-0.1, -0.05) is 95.4 Å². The van der Waals surface area contributed by atoms with Gasteiger partial charge in [-0.25, -0.2) is 0 Å². The van der Waals surface area contributed by atoms with Crippen LogP contribution in [0.15, 0.2) is 48.5 Å². The molecule has 0 spiro atoms. The van der Waals surface area contributed by atoms with Crippen molar-refractivity contribution in [3.05, 3.63) is 102 Å². The molecule has 0 amide bonds. The van der Waals surface area contributed by atoms with E-state index in [1.807, 2.05) is 24.3 Å². The van der Waals surface area contributed by atoms with Crippen molar-refractivity contribution in [1.82, 2.24) is 4.90 Å². The molecule has 0 radical (unpaired) electrons. The van der Waals surface area contributed by atoms with Gasteiger partial charge in [0.25, 0.3) is 11.4 Å². The summed E-state index contributed by atoms with van der Waals surface area (Å²) < 4.78 is 0. The van der Waals surface area contributed by atoms with Gasteiger partial charge in [0, 0.05) is 61.0 Å². The number of nitro groups is 2. The molecule has 4 fully saturated rings. The first-order chi connectivity index (χ1) is 23.8. The molecule has 4 aliphatic rings. The zero-order valence-corrected chi connectivity index (χ0v) is 36.1. The van der Waals surface area contributed by atoms with Gasteiger partial charge in [-0.15, -0.1) is 0 Å². The predicted octanol–water partition coefficient (Wildman–Crippen LogP) is 12.3. The quantitative estimate of drug-likeness (QED) is 0.0667. The third-order valence-corrected chi connectivity index (χ3v) is 11.8. The van der Waals surface area contributed by atoms with Crippen LogP contribution >= 0.6 is 0 Å². The molecule has 0 bridgehead atoms. The van der Waals surface area contributed by atoms with E-state index < -0.39 is 0 Å². The molecule has 0 aromatic heterocycles. The van der Waals surface area contributed by atoms with Crippen LogP contribution in [0.25, 0.3) is 0 Å². The number of unbranched alkanes of at least 4 members (excludes halogenated alkanes) is 3. The van der Waals surface area contributed by atoms with Crippen molar-refractivity contribution in [3.63, 3.8) is 0 Å². The number of hydrogen-bond acceptors (Lipinski definition) is 6. The predicted molar refractivity (Wildman–Crippen MR) is 218 cm³/mol. The first kappa shape index (κ1) is 54.3. The molecular formula is C44H72Fe2N3O5-. The molecule has 310 valence electrons. The largest absolute Gasteiger partial charge is 2.00 e. The summed E-state index contributed by atoms with van der Waals surface area (Å²) in [7, 11) is 0. The molecular weight excluding hydrogens is 762 g/mol. The van der Waals surface area contributed by atoms with Crippen LogP contribution in [0.2, 0.25) is 0 Å². The average molecular weight is 835 g/mol. The maximum atomic E-state index is 10.4. The molecule has 2 aromatic carbocycles. The standard InChI is InChI=1S/C19H37NO.2C11H13NO2.3CH3.2Fe/c1-17-9-8-12-19(17)16-20(13-6-2-3-7-14-21)15-18-10-4-5-11-18;2*13-12(14)11-7-5-10(6-8-11)9-3-1-2-4-9;;;;;/h17-19,21H,2-16H2,1H3;2*5-9H,1-4H2;3*1H3;;/q;;;3*-1;;+2. The van der Waals surface area contributed by atoms with Crippen molar-refractivity contribution in [1.29, 1.82) is 0 Å². The second kappa shape index (κ2) is 30.4. The third-order valence-electron chi connectivity index (χ3n) is 11.8. The Morgan fingerprint density at radius 2 is 1.04 bits per heavy atom. The van der Waals surface area contributed by atoms with Gasteiger partial charge in [0.1, 0.15) is 0 Å². The fourth-order valence-electron chi connectivity index (χ4n) is 8.70. The van der Waals surface area contributed by atoms with Crippen LogP contribution in [-0.2, 0) is 34.1 Å². The molecule has 2 aromatic rings. The minimum atomic E-state index is -0.349. The van der Waals surface area contributed by atoms with Crippen LogP contribution in [-0.4, -0.2) is 46.1 Å². The van der Waals surface area contributed by atoms with Crippen molar-refractivity contribution < 1.29 is 49.1 Å². The molecule has 0 aliphatic heterocycles. The summed E-state index contributed by atoms with van der Waals surface area (Å²) in [4.78, 5) is 23.0. The van der Waals surface area contributed by atoms with E-state index in [0.717, 1.165) is 24.2 Å². The Morgan fingerprint density at radius 1 is 0.611 bits per heavy atom. The van der Waals surface area contributed by atoms with Crippen LogP contribution in [0.5, 0.6) is 0 Å². The zero-order chi connectivity index (χ0) is 34.8. The Kier molecular flexibility index (Phi) is 30.5. The van der Waals surface area contributed by atoms with E-state index in [9.17, 15) is 20.2 Å². The molecule has 2 unspecified atom stereocenters. The van der Waals surface area contributed by atoms with Gasteiger partial charge < -0.3 is 32.3 Å². The van der Waals surface area contributed by atoms with Gasteiger partial charge >= 0.3 is 17.1 Å². The van der Waals surface area contributed by atoms with Crippen molar-refractivity contribution >= 4 is 11.4 Å². The number of aliphatic hydroxyl groups is 1. The summed E-state index contributed by atoms with van der Waals surface area (Å²) in [6.45, 7) is 6.85. The molecule has 2 atom stereocenters. The minimum Gasteiger partial charge on any atom is -0.396 e. The monoisotopic (exact) mass is 834 g/mol. The van der Waals surface area contributed by atoms with Crippen molar-refractivity contribution in [2.45, 2.75) is 141 Å². The SMILES string of the molecule is CC1CCCC1CN(CCCCCCO)CC1CCCC1.O=[N+]([O-])c1ccc(C2CCCC2)cc1.O=[N+]([O-])c1ccc(C2CCCC2)cc1.[CH3-].[CH3-].[CH3-].[Fe+2].[Fe]. The van der Waals surface area contributed by atoms with Gasteiger partial charge in [-0.05, 0) is 105 Å². The normalized spacial score (nSPS) is 19.4. The summed E-state index contributed by atoms with van der Waals surface area (Å²) in [6.07, 6.45) is 25.2. The van der Waals surface area contributed by atoms with E-state index in [0.29, 0.717) is 18.4 Å². The molecule has 4 saturated carbocycles. The minimum absolute atomic E-state index is 0. The molecule has 54 heavy (non-hydrogen) atoms.